The van der Waals surface area contributed by atoms with Crippen molar-refractivity contribution in [2.45, 2.75) is 44.3 Å². The fourth-order valence-corrected chi connectivity index (χ4v) is 4.62. The summed E-state index contributed by atoms with van der Waals surface area (Å²) in [6.07, 6.45) is 1.40. The summed E-state index contributed by atoms with van der Waals surface area (Å²) in [5.41, 5.74) is 2.35. The molecular weight excluding hydrogens is 280 g/mol. The highest BCUT2D eigenvalue weighted by atomic mass is 16.5. The molecule has 0 aromatic heterocycles. The minimum atomic E-state index is -0.203. The van der Waals surface area contributed by atoms with Crippen molar-refractivity contribution in [1.29, 1.82) is 0 Å². The molecule has 3 aliphatic rings. The SMILES string of the molecule is COc1ccc2c(c1)CC1C(CO)N3C(=O)CC(C)(C)N3C21. The van der Waals surface area contributed by atoms with Crippen molar-refractivity contribution in [3.05, 3.63) is 29.3 Å². The summed E-state index contributed by atoms with van der Waals surface area (Å²) in [6, 6.07) is 6.27. The van der Waals surface area contributed by atoms with Crippen LogP contribution >= 0.6 is 0 Å². The minimum Gasteiger partial charge on any atom is -0.497 e. The van der Waals surface area contributed by atoms with Crippen LogP contribution in [0.2, 0.25) is 0 Å². The molecule has 118 valence electrons. The van der Waals surface area contributed by atoms with Gasteiger partial charge in [-0.15, -0.1) is 0 Å². The van der Waals surface area contributed by atoms with Crippen molar-refractivity contribution in [1.82, 2.24) is 10.0 Å². The molecule has 1 aliphatic carbocycles. The van der Waals surface area contributed by atoms with Gasteiger partial charge in [0.05, 0.1) is 25.8 Å². The lowest BCUT2D eigenvalue weighted by Gasteiger charge is -2.36. The van der Waals surface area contributed by atoms with E-state index >= 15 is 0 Å². The third kappa shape index (κ3) is 1.64. The molecule has 1 aromatic carbocycles. The highest BCUT2D eigenvalue weighted by molar-refractivity contribution is 5.80. The molecule has 5 nitrogen and oxygen atoms in total. The van der Waals surface area contributed by atoms with Crippen LogP contribution in [-0.2, 0) is 11.2 Å². The first-order chi connectivity index (χ1) is 10.5. The normalized spacial score (nSPS) is 32.1. The highest BCUT2D eigenvalue weighted by Gasteiger charge is 2.61. The van der Waals surface area contributed by atoms with Gasteiger partial charge in [0, 0.05) is 17.9 Å². The van der Waals surface area contributed by atoms with Crippen LogP contribution in [0.25, 0.3) is 0 Å². The van der Waals surface area contributed by atoms with Crippen LogP contribution < -0.4 is 4.74 Å². The zero-order valence-electron chi connectivity index (χ0n) is 13.2. The topological polar surface area (TPSA) is 53.0 Å². The summed E-state index contributed by atoms with van der Waals surface area (Å²) in [7, 11) is 1.68. The first-order valence-electron chi connectivity index (χ1n) is 7.87. The molecule has 2 fully saturated rings. The lowest BCUT2D eigenvalue weighted by atomic mass is 9.90. The molecule has 22 heavy (non-hydrogen) atoms. The number of rotatable bonds is 2. The zero-order valence-corrected chi connectivity index (χ0v) is 13.2. The molecule has 1 amide bonds. The van der Waals surface area contributed by atoms with Crippen LogP contribution in [-0.4, -0.2) is 46.3 Å². The number of fused-ring (bicyclic) bond motifs is 5. The van der Waals surface area contributed by atoms with Crippen LogP contribution in [0.1, 0.15) is 37.4 Å². The molecule has 2 saturated heterocycles. The molecule has 0 radical (unpaired) electrons. The van der Waals surface area contributed by atoms with E-state index in [1.807, 2.05) is 11.1 Å². The Kier molecular flexibility index (Phi) is 2.84. The van der Waals surface area contributed by atoms with E-state index in [2.05, 4.69) is 31.0 Å². The Morgan fingerprint density at radius 3 is 2.86 bits per heavy atom. The summed E-state index contributed by atoms with van der Waals surface area (Å²) >= 11 is 0. The Labute approximate surface area is 130 Å². The molecule has 0 saturated carbocycles. The van der Waals surface area contributed by atoms with Gasteiger partial charge in [0.1, 0.15) is 5.75 Å². The number of nitrogens with zero attached hydrogens (tertiary/aromatic N) is 2. The summed E-state index contributed by atoms with van der Waals surface area (Å²) in [5, 5.41) is 13.9. The van der Waals surface area contributed by atoms with E-state index in [0.717, 1.165) is 12.2 Å². The number of amides is 1. The number of benzene rings is 1. The average Bonchev–Trinajstić information content (AvgIpc) is 3.05. The molecule has 1 aromatic rings. The first kappa shape index (κ1) is 14.0. The highest BCUT2D eigenvalue weighted by Crippen LogP contribution is 2.55. The fraction of sp³-hybridized carbons (Fsp3) is 0.588. The van der Waals surface area contributed by atoms with Gasteiger partial charge in [-0.25, -0.2) is 5.01 Å². The Bertz CT molecular complexity index is 643. The second kappa shape index (κ2) is 4.46. The van der Waals surface area contributed by atoms with Gasteiger partial charge in [0.25, 0.3) is 0 Å². The fourth-order valence-electron chi connectivity index (χ4n) is 4.62. The van der Waals surface area contributed by atoms with Crippen LogP contribution in [0.15, 0.2) is 18.2 Å². The van der Waals surface area contributed by atoms with Gasteiger partial charge in [-0.2, -0.15) is 0 Å². The Morgan fingerprint density at radius 2 is 2.18 bits per heavy atom. The van der Waals surface area contributed by atoms with Crippen LogP contribution in [0.3, 0.4) is 0 Å². The molecule has 2 aliphatic heterocycles. The van der Waals surface area contributed by atoms with E-state index in [1.54, 1.807) is 7.11 Å². The number of aliphatic hydroxyl groups is 1. The third-order valence-electron chi connectivity index (χ3n) is 5.48. The van der Waals surface area contributed by atoms with Crippen molar-refractivity contribution in [3.8, 4) is 5.75 Å². The van der Waals surface area contributed by atoms with E-state index in [0.29, 0.717) is 6.42 Å². The van der Waals surface area contributed by atoms with Gasteiger partial charge in [-0.3, -0.25) is 9.80 Å². The maximum absolute atomic E-state index is 12.4. The lowest BCUT2D eigenvalue weighted by molar-refractivity contribution is -0.142. The number of aliphatic hydroxyl groups excluding tert-OH is 1. The van der Waals surface area contributed by atoms with Crippen molar-refractivity contribution >= 4 is 5.91 Å². The number of carbonyl (C=O) groups is 1. The van der Waals surface area contributed by atoms with Gasteiger partial charge >= 0.3 is 0 Å². The summed E-state index contributed by atoms with van der Waals surface area (Å²) in [5.74, 6) is 1.26. The van der Waals surface area contributed by atoms with Gasteiger partial charge in [0.15, 0.2) is 0 Å². The quantitative estimate of drug-likeness (QED) is 0.900. The maximum Gasteiger partial charge on any atom is 0.239 e. The number of methoxy groups -OCH3 is 1. The van der Waals surface area contributed by atoms with E-state index in [9.17, 15) is 9.90 Å². The van der Waals surface area contributed by atoms with Crippen LogP contribution in [0.5, 0.6) is 5.75 Å². The molecular formula is C17H22N2O3. The van der Waals surface area contributed by atoms with Crippen molar-refractivity contribution in [2.75, 3.05) is 13.7 Å². The number of carbonyl (C=O) groups excluding carboxylic acids is 1. The summed E-state index contributed by atoms with van der Waals surface area (Å²) in [6.45, 7) is 4.25. The second-order valence-corrected chi connectivity index (χ2v) is 7.20. The molecule has 0 spiro atoms. The smallest absolute Gasteiger partial charge is 0.239 e. The lowest BCUT2D eigenvalue weighted by Crippen LogP contribution is -2.46. The van der Waals surface area contributed by atoms with E-state index in [-0.39, 0.29) is 36.1 Å². The molecule has 3 unspecified atom stereocenters. The number of hydrogen-bond donors (Lipinski definition) is 1. The Morgan fingerprint density at radius 1 is 1.41 bits per heavy atom. The van der Waals surface area contributed by atoms with E-state index in [4.69, 9.17) is 4.74 Å². The Balaban J connectivity index is 1.82. The van der Waals surface area contributed by atoms with Gasteiger partial charge in [0.2, 0.25) is 5.91 Å². The number of hydrogen-bond acceptors (Lipinski definition) is 4. The van der Waals surface area contributed by atoms with Gasteiger partial charge in [-0.05, 0) is 43.5 Å². The number of ether oxygens (including phenoxy) is 1. The van der Waals surface area contributed by atoms with E-state index < -0.39 is 0 Å². The summed E-state index contributed by atoms with van der Waals surface area (Å²) < 4.78 is 5.33. The van der Waals surface area contributed by atoms with Crippen LogP contribution in [0.4, 0.5) is 0 Å². The molecule has 0 bridgehead atoms. The maximum atomic E-state index is 12.4. The third-order valence-corrected chi connectivity index (χ3v) is 5.48. The molecule has 2 heterocycles. The van der Waals surface area contributed by atoms with Crippen molar-refractivity contribution < 1.29 is 14.6 Å². The molecule has 5 heteroatoms. The largest absolute Gasteiger partial charge is 0.497 e. The first-order valence-corrected chi connectivity index (χ1v) is 7.87. The standard InChI is InChI=1S/C17H22N2O3/c1-17(2)8-15(21)18-14(9-20)13-7-10-6-11(22-3)4-5-12(10)16(13)19(17)18/h4-6,13-14,16,20H,7-9H2,1-3H3. The summed E-state index contributed by atoms with van der Waals surface area (Å²) in [4.78, 5) is 12.4. The second-order valence-electron chi connectivity index (χ2n) is 7.20. The van der Waals surface area contributed by atoms with Gasteiger partial charge < -0.3 is 9.84 Å². The zero-order chi connectivity index (χ0) is 15.6. The van der Waals surface area contributed by atoms with E-state index in [1.165, 1.54) is 11.1 Å². The Hall–Kier alpha value is -1.59. The number of hydrazine groups is 1. The molecule has 1 N–H and O–H groups in total. The van der Waals surface area contributed by atoms with Gasteiger partial charge in [-0.1, -0.05) is 6.07 Å². The van der Waals surface area contributed by atoms with Crippen molar-refractivity contribution in [3.63, 3.8) is 0 Å². The monoisotopic (exact) mass is 302 g/mol. The predicted molar refractivity (Wildman–Crippen MR) is 81.2 cm³/mol. The average molecular weight is 302 g/mol. The van der Waals surface area contributed by atoms with Crippen molar-refractivity contribution in [2.24, 2.45) is 5.92 Å². The molecule has 4 rings (SSSR count). The molecule has 3 atom stereocenters. The van der Waals surface area contributed by atoms with Crippen LogP contribution in [0, 0.1) is 5.92 Å². The minimum absolute atomic E-state index is 0.0185. The predicted octanol–water partition coefficient (Wildman–Crippen LogP) is 1.51.